The van der Waals surface area contributed by atoms with E-state index in [-0.39, 0.29) is 16.7 Å². The molecule has 1 amide bonds. The molecule has 17 heavy (non-hydrogen) atoms. The maximum absolute atomic E-state index is 12.2. The average molecular weight is 261 g/mol. The van der Waals surface area contributed by atoms with E-state index in [9.17, 15) is 18.0 Å². The Morgan fingerprint density at radius 2 is 2.12 bits per heavy atom. The van der Waals surface area contributed by atoms with Crippen LogP contribution in [0.25, 0.3) is 0 Å². The Bertz CT molecular complexity index is 459. The number of carbonyl (C=O) groups excluding carboxylic acids is 1. The van der Waals surface area contributed by atoms with Gasteiger partial charge in [-0.1, -0.05) is 6.07 Å². The van der Waals surface area contributed by atoms with Crippen molar-refractivity contribution in [1.29, 1.82) is 0 Å². The maximum atomic E-state index is 12.2. The number of halogens is 3. The Hall–Kier alpha value is -1.17. The number of hydrogen-bond donors (Lipinski definition) is 1. The van der Waals surface area contributed by atoms with Crippen molar-refractivity contribution in [2.24, 2.45) is 0 Å². The summed E-state index contributed by atoms with van der Waals surface area (Å²) in [5.41, 5.74) is 0.631. The first-order valence-electron chi connectivity index (χ1n) is 5.02. The molecule has 2 nitrogen and oxygen atoms in total. The second-order valence-electron chi connectivity index (χ2n) is 3.87. The van der Waals surface area contributed by atoms with Crippen molar-refractivity contribution in [3.63, 3.8) is 0 Å². The lowest BCUT2D eigenvalue weighted by Crippen LogP contribution is -2.26. The second kappa shape index (κ2) is 4.25. The zero-order valence-corrected chi connectivity index (χ0v) is 9.78. The van der Waals surface area contributed by atoms with Crippen LogP contribution in [0, 0.1) is 0 Å². The fraction of sp³-hybridized carbons (Fsp3) is 0.364. The lowest BCUT2D eigenvalue weighted by atomic mass is 10.1. The summed E-state index contributed by atoms with van der Waals surface area (Å²) in [6.45, 7) is 1.76. The summed E-state index contributed by atoms with van der Waals surface area (Å²) in [5, 5.41) is 2.40. The van der Waals surface area contributed by atoms with E-state index in [0.29, 0.717) is 5.69 Å². The number of hydrogen-bond acceptors (Lipinski definition) is 2. The molecule has 1 aromatic rings. The number of anilines is 1. The molecule has 1 aromatic carbocycles. The topological polar surface area (TPSA) is 29.1 Å². The Labute approximate surface area is 101 Å². The Kier molecular flexibility index (Phi) is 3.07. The molecule has 0 aromatic heterocycles. The van der Waals surface area contributed by atoms with Gasteiger partial charge in [-0.15, -0.1) is 11.8 Å². The summed E-state index contributed by atoms with van der Waals surface area (Å²) in [5.74, 6) is -0.174. The number of fused-ring (bicyclic) bond motifs is 1. The smallest absolute Gasteiger partial charge is 0.324 e. The summed E-state index contributed by atoms with van der Waals surface area (Å²) in [6, 6.07) is 4.46. The Morgan fingerprint density at radius 3 is 2.76 bits per heavy atom. The number of amides is 1. The molecule has 0 radical (unpaired) electrons. The van der Waals surface area contributed by atoms with Gasteiger partial charge in [0.05, 0.1) is 17.4 Å². The SMILES string of the molecule is CC1Sc2ccc(CC(F)(F)F)cc2NC1=O. The molecule has 1 aliphatic heterocycles. The standard InChI is InChI=1S/C11H10F3NOS/c1-6-10(16)15-8-4-7(5-11(12,13)14)2-3-9(8)17-6/h2-4,6H,5H2,1H3,(H,15,16). The van der Waals surface area contributed by atoms with Crippen LogP contribution in [-0.2, 0) is 11.2 Å². The van der Waals surface area contributed by atoms with Crippen LogP contribution in [0.4, 0.5) is 18.9 Å². The van der Waals surface area contributed by atoms with Crippen LogP contribution in [0.15, 0.2) is 23.1 Å². The van der Waals surface area contributed by atoms with Gasteiger partial charge in [0.25, 0.3) is 0 Å². The largest absolute Gasteiger partial charge is 0.393 e. The van der Waals surface area contributed by atoms with E-state index in [2.05, 4.69) is 5.32 Å². The molecule has 1 unspecified atom stereocenters. The van der Waals surface area contributed by atoms with E-state index < -0.39 is 12.6 Å². The highest BCUT2D eigenvalue weighted by molar-refractivity contribution is 8.00. The number of benzene rings is 1. The van der Waals surface area contributed by atoms with Gasteiger partial charge in [0.2, 0.25) is 5.91 Å². The van der Waals surface area contributed by atoms with Crippen LogP contribution in [0.1, 0.15) is 12.5 Å². The molecule has 6 heteroatoms. The average Bonchev–Trinajstić information content (AvgIpc) is 2.18. The van der Waals surface area contributed by atoms with E-state index >= 15 is 0 Å². The first-order valence-corrected chi connectivity index (χ1v) is 5.90. The molecule has 2 rings (SSSR count). The third kappa shape index (κ3) is 2.94. The third-order valence-electron chi connectivity index (χ3n) is 2.38. The second-order valence-corrected chi connectivity index (χ2v) is 5.25. The molecule has 0 fully saturated rings. The van der Waals surface area contributed by atoms with Crippen LogP contribution in [0.5, 0.6) is 0 Å². The number of nitrogens with one attached hydrogen (secondary N) is 1. The first kappa shape index (κ1) is 12.3. The van der Waals surface area contributed by atoms with Gasteiger partial charge in [0, 0.05) is 4.90 Å². The normalized spacial score (nSPS) is 19.8. The highest BCUT2D eigenvalue weighted by Gasteiger charge is 2.29. The number of thioether (sulfide) groups is 1. The molecular weight excluding hydrogens is 251 g/mol. The van der Waals surface area contributed by atoms with Crippen LogP contribution < -0.4 is 5.32 Å². The number of carbonyl (C=O) groups is 1. The molecule has 0 bridgehead atoms. The van der Waals surface area contributed by atoms with Gasteiger partial charge in [-0.05, 0) is 24.6 Å². The van der Waals surface area contributed by atoms with E-state index in [1.807, 2.05) is 0 Å². The van der Waals surface area contributed by atoms with Crippen LogP contribution in [-0.4, -0.2) is 17.3 Å². The fourth-order valence-electron chi connectivity index (χ4n) is 1.60. The predicted octanol–water partition coefficient (Wildman–Crippen LogP) is 3.22. The van der Waals surface area contributed by atoms with Gasteiger partial charge in [0.1, 0.15) is 0 Å². The zero-order valence-electron chi connectivity index (χ0n) is 8.97. The highest BCUT2D eigenvalue weighted by atomic mass is 32.2. The summed E-state index contributed by atoms with van der Waals surface area (Å²) >= 11 is 1.35. The fourth-order valence-corrected chi connectivity index (χ4v) is 2.53. The van der Waals surface area contributed by atoms with Crippen molar-refractivity contribution in [3.05, 3.63) is 23.8 Å². The van der Waals surface area contributed by atoms with E-state index in [4.69, 9.17) is 0 Å². The Balaban J connectivity index is 2.26. The van der Waals surface area contributed by atoms with E-state index in [0.717, 1.165) is 4.90 Å². The molecular formula is C11H10F3NOS. The van der Waals surface area contributed by atoms with E-state index in [1.165, 1.54) is 23.9 Å². The Morgan fingerprint density at radius 1 is 1.41 bits per heavy atom. The van der Waals surface area contributed by atoms with Gasteiger partial charge in [-0.2, -0.15) is 13.2 Å². The van der Waals surface area contributed by atoms with Crippen LogP contribution in [0.3, 0.4) is 0 Å². The summed E-state index contributed by atoms with van der Waals surface area (Å²) in [7, 11) is 0. The van der Waals surface area contributed by atoms with Gasteiger partial charge in [0.15, 0.2) is 0 Å². The first-order chi connectivity index (χ1) is 7.85. The van der Waals surface area contributed by atoms with Crippen LogP contribution >= 0.6 is 11.8 Å². The zero-order chi connectivity index (χ0) is 12.6. The minimum absolute atomic E-state index is 0.159. The molecule has 0 saturated carbocycles. The van der Waals surface area contributed by atoms with Gasteiger partial charge in [-0.3, -0.25) is 4.79 Å². The van der Waals surface area contributed by atoms with E-state index in [1.54, 1.807) is 13.0 Å². The molecule has 1 N–H and O–H groups in total. The van der Waals surface area contributed by atoms with Gasteiger partial charge in [-0.25, -0.2) is 0 Å². The van der Waals surface area contributed by atoms with Crippen LogP contribution in [0.2, 0.25) is 0 Å². The molecule has 92 valence electrons. The molecule has 0 aliphatic carbocycles. The molecule has 1 heterocycles. The molecule has 0 spiro atoms. The van der Waals surface area contributed by atoms with Crippen molar-refractivity contribution < 1.29 is 18.0 Å². The lowest BCUT2D eigenvalue weighted by Gasteiger charge is -2.22. The minimum atomic E-state index is -4.23. The summed E-state index contributed by atoms with van der Waals surface area (Å²) in [4.78, 5) is 12.2. The van der Waals surface area contributed by atoms with Crippen molar-refractivity contribution in [1.82, 2.24) is 0 Å². The predicted molar refractivity (Wildman–Crippen MR) is 60.1 cm³/mol. The number of rotatable bonds is 1. The number of alkyl halides is 3. The van der Waals surface area contributed by atoms with Crippen molar-refractivity contribution >= 4 is 23.4 Å². The van der Waals surface area contributed by atoms with Crippen molar-refractivity contribution in [2.45, 2.75) is 29.7 Å². The monoisotopic (exact) mass is 261 g/mol. The lowest BCUT2D eigenvalue weighted by molar-refractivity contribution is -0.127. The third-order valence-corrected chi connectivity index (χ3v) is 3.56. The highest BCUT2D eigenvalue weighted by Crippen LogP contribution is 2.36. The van der Waals surface area contributed by atoms with Gasteiger partial charge < -0.3 is 5.32 Å². The molecule has 1 atom stereocenters. The summed E-state index contributed by atoms with van der Waals surface area (Å²) in [6.07, 6.45) is -5.20. The minimum Gasteiger partial charge on any atom is -0.324 e. The van der Waals surface area contributed by atoms with Gasteiger partial charge >= 0.3 is 6.18 Å². The molecule has 1 aliphatic rings. The maximum Gasteiger partial charge on any atom is 0.393 e. The summed E-state index contributed by atoms with van der Waals surface area (Å²) < 4.78 is 36.7. The quantitative estimate of drug-likeness (QED) is 0.841. The molecule has 0 saturated heterocycles. The van der Waals surface area contributed by atoms with Crippen molar-refractivity contribution in [2.75, 3.05) is 5.32 Å². The van der Waals surface area contributed by atoms with Crippen molar-refractivity contribution in [3.8, 4) is 0 Å².